The minimum atomic E-state index is -0.771. The van der Waals surface area contributed by atoms with Gasteiger partial charge in [-0.15, -0.1) is 0 Å². The van der Waals surface area contributed by atoms with Gasteiger partial charge in [-0.2, -0.15) is 0 Å². The molecule has 1 atom stereocenters. The smallest absolute Gasteiger partial charge is 0.306 e. The molecule has 5 nitrogen and oxygen atoms in total. The summed E-state index contributed by atoms with van der Waals surface area (Å²) in [5, 5.41) is 9.71. The van der Waals surface area contributed by atoms with Gasteiger partial charge in [0, 0.05) is 12.8 Å². The van der Waals surface area contributed by atoms with Crippen molar-refractivity contribution in [1.29, 1.82) is 0 Å². The molecular weight excluding hydrogens is 1000 g/mol. The van der Waals surface area contributed by atoms with E-state index < -0.39 is 6.10 Å². The van der Waals surface area contributed by atoms with Crippen molar-refractivity contribution in [2.45, 2.75) is 418 Å². The Balaban J connectivity index is 3.37. The van der Waals surface area contributed by atoms with Gasteiger partial charge in [-0.1, -0.05) is 371 Å². The first kappa shape index (κ1) is 79.9. The Morgan fingerprint density at radius 2 is 0.488 bits per heavy atom. The number of ether oxygens (including phenoxy) is 2. The second-order valence-corrected chi connectivity index (χ2v) is 25.4. The molecule has 0 aliphatic heterocycles. The van der Waals surface area contributed by atoms with E-state index >= 15 is 0 Å². The van der Waals surface area contributed by atoms with E-state index in [1.165, 1.54) is 334 Å². The van der Waals surface area contributed by atoms with E-state index in [9.17, 15) is 14.7 Å². The summed E-state index contributed by atoms with van der Waals surface area (Å²) in [5.74, 6) is -0.567. The molecule has 82 heavy (non-hydrogen) atoms. The summed E-state index contributed by atoms with van der Waals surface area (Å²) < 4.78 is 10.8. The number of aliphatic hydroxyl groups excluding tert-OH is 1. The highest BCUT2D eigenvalue weighted by molar-refractivity contribution is 5.70. The summed E-state index contributed by atoms with van der Waals surface area (Å²) >= 11 is 0. The van der Waals surface area contributed by atoms with Crippen molar-refractivity contribution in [3.63, 3.8) is 0 Å². The van der Waals surface area contributed by atoms with Gasteiger partial charge in [-0.3, -0.25) is 9.59 Å². The third kappa shape index (κ3) is 70.3. The number of unbranched alkanes of at least 4 members (excludes halogenated alkanes) is 54. The van der Waals surface area contributed by atoms with Gasteiger partial charge in [0.25, 0.3) is 0 Å². The van der Waals surface area contributed by atoms with Gasteiger partial charge in [-0.05, 0) is 77.0 Å². The van der Waals surface area contributed by atoms with E-state index in [-0.39, 0.29) is 25.2 Å². The Bertz CT molecular complexity index is 1350. The second-order valence-electron chi connectivity index (χ2n) is 25.4. The number of aliphatic hydroxyl groups is 1. The number of allylic oxidation sites excluding steroid dienone is 8. The molecule has 0 heterocycles. The Morgan fingerprint density at radius 3 is 0.720 bits per heavy atom. The Labute approximate surface area is 513 Å². The lowest BCUT2D eigenvalue weighted by atomic mass is 10.0. The number of esters is 2. The van der Waals surface area contributed by atoms with Gasteiger partial charge in [0.15, 0.2) is 6.10 Å². The highest BCUT2D eigenvalue weighted by atomic mass is 16.6. The van der Waals surface area contributed by atoms with Crippen molar-refractivity contribution in [2.24, 2.45) is 0 Å². The second kappa shape index (κ2) is 73.1. The average molecular weight is 1150 g/mol. The lowest BCUT2D eigenvalue weighted by molar-refractivity contribution is -0.161. The molecule has 0 bridgehead atoms. The predicted octanol–water partition coefficient (Wildman–Crippen LogP) is 25.9. The van der Waals surface area contributed by atoms with Gasteiger partial charge >= 0.3 is 11.9 Å². The summed E-state index contributed by atoms with van der Waals surface area (Å²) in [4.78, 5) is 24.7. The minimum Gasteiger partial charge on any atom is -0.462 e. The fourth-order valence-electron chi connectivity index (χ4n) is 11.5. The third-order valence-electron chi connectivity index (χ3n) is 17.1. The molecule has 0 aliphatic rings. The van der Waals surface area contributed by atoms with Crippen LogP contribution in [0.5, 0.6) is 0 Å². The summed E-state index contributed by atoms with van der Waals surface area (Å²) in [5.41, 5.74) is 0. The number of hydrogen-bond donors (Lipinski definition) is 1. The van der Waals surface area contributed by atoms with Crippen molar-refractivity contribution < 1.29 is 24.2 Å². The van der Waals surface area contributed by atoms with E-state index in [1.54, 1.807) is 0 Å². The van der Waals surface area contributed by atoms with Gasteiger partial charge in [0.05, 0.1) is 6.61 Å². The summed E-state index contributed by atoms with van der Waals surface area (Å²) in [7, 11) is 0. The zero-order chi connectivity index (χ0) is 59.1. The first-order chi connectivity index (χ1) is 40.6. The number of carbonyl (C=O) groups excluding carboxylic acids is 2. The average Bonchev–Trinajstić information content (AvgIpc) is 3.49. The van der Waals surface area contributed by atoms with Gasteiger partial charge in [-0.25, -0.2) is 0 Å². The molecule has 482 valence electrons. The van der Waals surface area contributed by atoms with Crippen LogP contribution in [0, 0.1) is 0 Å². The standard InChI is InChI=1S/C77H144O5/c1-3-5-7-9-11-13-15-17-19-21-23-25-27-29-31-32-33-34-35-36-37-38-39-40-41-42-43-44-46-48-50-52-54-56-58-60-62-64-66-68-70-72-77(80)82-75(73-78)74-81-76(79)71-69-67-65-63-61-59-57-55-53-51-49-47-45-30-28-26-24-22-20-18-16-14-12-10-8-6-4-2/h15-18,21-24,75,78H,3-14,19-20,25-74H2,1-2H3/b17-15-,18-16-,23-21-,24-22-. The van der Waals surface area contributed by atoms with E-state index in [0.29, 0.717) is 12.8 Å². The maximum atomic E-state index is 12.4. The molecule has 0 aromatic heterocycles. The monoisotopic (exact) mass is 1150 g/mol. The van der Waals surface area contributed by atoms with Crippen LogP contribution in [-0.4, -0.2) is 36.4 Å². The largest absolute Gasteiger partial charge is 0.462 e. The van der Waals surface area contributed by atoms with Crippen LogP contribution in [0.1, 0.15) is 412 Å². The van der Waals surface area contributed by atoms with E-state index in [2.05, 4.69) is 62.5 Å². The Morgan fingerprint density at radius 1 is 0.280 bits per heavy atom. The first-order valence-electron chi connectivity index (χ1n) is 37.2. The van der Waals surface area contributed by atoms with Crippen molar-refractivity contribution >= 4 is 11.9 Å². The molecule has 0 rings (SSSR count). The number of hydrogen-bond acceptors (Lipinski definition) is 5. The Kier molecular flexibility index (Phi) is 71.2. The fourth-order valence-corrected chi connectivity index (χ4v) is 11.5. The molecule has 0 amide bonds. The molecule has 5 heteroatoms. The quantitative estimate of drug-likeness (QED) is 0.0373. The van der Waals surface area contributed by atoms with Crippen molar-refractivity contribution in [3.05, 3.63) is 48.6 Å². The molecule has 0 aliphatic carbocycles. The van der Waals surface area contributed by atoms with Crippen LogP contribution in [-0.2, 0) is 19.1 Å². The Hall–Kier alpha value is -2.14. The molecule has 0 aromatic carbocycles. The van der Waals surface area contributed by atoms with Crippen LogP contribution < -0.4 is 0 Å². The maximum absolute atomic E-state index is 12.4. The lowest BCUT2D eigenvalue weighted by Crippen LogP contribution is -2.28. The molecule has 1 unspecified atom stereocenters. The number of rotatable bonds is 70. The fraction of sp³-hybridized carbons (Fsp3) is 0.870. The minimum absolute atomic E-state index is 0.0604. The highest BCUT2D eigenvalue weighted by Crippen LogP contribution is 2.19. The summed E-state index contributed by atoms with van der Waals surface area (Å²) in [6, 6.07) is 0. The van der Waals surface area contributed by atoms with Crippen LogP contribution in [0.2, 0.25) is 0 Å². The van der Waals surface area contributed by atoms with Crippen LogP contribution in [0.25, 0.3) is 0 Å². The maximum Gasteiger partial charge on any atom is 0.306 e. The molecule has 0 spiro atoms. The van der Waals surface area contributed by atoms with Crippen LogP contribution in [0.4, 0.5) is 0 Å². The van der Waals surface area contributed by atoms with Gasteiger partial charge in [0.1, 0.15) is 6.61 Å². The van der Waals surface area contributed by atoms with E-state index in [1.807, 2.05) is 0 Å². The molecule has 1 N–H and O–H groups in total. The summed E-state index contributed by atoms with van der Waals surface area (Å²) in [6.07, 6.45) is 98.9. The third-order valence-corrected chi connectivity index (χ3v) is 17.1. The van der Waals surface area contributed by atoms with Crippen LogP contribution in [0.3, 0.4) is 0 Å². The molecule has 0 radical (unpaired) electrons. The van der Waals surface area contributed by atoms with Crippen molar-refractivity contribution in [3.8, 4) is 0 Å². The lowest BCUT2D eigenvalue weighted by Gasteiger charge is -2.15. The van der Waals surface area contributed by atoms with E-state index in [4.69, 9.17) is 9.47 Å². The van der Waals surface area contributed by atoms with Gasteiger partial charge in [0.2, 0.25) is 0 Å². The van der Waals surface area contributed by atoms with Gasteiger partial charge < -0.3 is 14.6 Å². The van der Waals surface area contributed by atoms with E-state index in [0.717, 1.165) is 51.4 Å². The SMILES string of the molecule is CCCCCCC/C=C\C/C=C\CCCCCCCCCCCCCCCCCCCCCCCCCCCCCCCC(=O)OC(CO)COC(=O)CCCCCCCCCCCCCCCCC/C=C\C/C=C\CCCCCCC. The van der Waals surface area contributed by atoms with Crippen LogP contribution >= 0.6 is 0 Å². The molecule has 0 saturated heterocycles. The molecule has 0 fully saturated rings. The molecule has 0 aromatic rings. The summed E-state index contributed by atoms with van der Waals surface area (Å²) in [6.45, 7) is 4.18. The molecular formula is C77H144O5. The first-order valence-corrected chi connectivity index (χ1v) is 37.2. The van der Waals surface area contributed by atoms with Crippen molar-refractivity contribution in [1.82, 2.24) is 0 Å². The predicted molar refractivity (Wildman–Crippen MR) is 362 cm³/mol. The molecule has 0 saturated carbocycles. The normalized spacial score (nSPS) is 12.4. The number of carbonyl (C=O) groups is 2. The zero-order valence-corrected chi connectivity index (χ0v) is 55.5. The van der Waals surface area contributed by atoms with Crippen LogP contribution in [0.15, 0.2) is 48.6 Å². The zero-order valence-electron chi connectivity index (χ0n) is 55.5. The topological polar surface area (TPSA) is 72.8 Å². The van der Waals surface area contributed by atoms with Crippen molar-refractivity contribution in [2.75, 3.05) is 13.2 Å². The highest BCUT2D eigenvalue weighted by Gasteiger charge is 2.16.